The van der Waals surface area contributed by atoms with E-state index in [0.717, 1.165) is 21.8 Å². The predicted octanol–water partition coefficient (Wildman–Crippen LogP) is 3.16. The maximum absolute atomic E-state index is 13.6. The fourth-order valence-electron chi connectivity index (χ4n) is 3.37. The zero-order valence-corrected chi connectivity index (χ0v) is 17.6. The van der Waals surface area contributed by atoms with Crippen molar-refractivity contribution in [3.8, 4) is 17.1 Å². The predicted molar refractivity (Wildman–Crippen MR) is 120 cm³/mol. The van der Waals surface area contributed by atoms with Crippen molar-refractivity contribution in [2.45, 2.75) is 4.90 Å². The Balaban J connectivity index is 2.09. The van der Waals surface area contributed by atoms with E-state index < -0.39 is 0 Å². The molecule has 0 saturated heterocycles. The van der Waals surface area contributed by atoms with Crippen LogP contribution in [0.15, 0.2) is 58.2 Å². The van der Waals surface area contributed by atoms with Crippen molar-refractivity contribution in [2.24, 2.45) is 7.05 Å². The molecule has 0 aliphatic rings. The Labute approximate surface area is 172 Å². The van der Waals surface area contributed by atoms with Crippen LogP contribution in [-0.2, 0) is 7.05 Å². The van der Waals surface area contributed by atoms with Gasteiger partial charge in [0, 0.05) is 37.3 Å². The number of anilines is 2. The number of hydrogen-bond donors (Lipinski definition) is 1. The average Bonchev–Trinajstić information content (AvgIpc) is 3.01. The number of hydrogen-bond acceptors (Lipinski definition) is 6. The lowest BCUT2D eigenvalue weighted by molar-refractivity contribution is 0.788. The monoisotopic (exact) mass is 406 g/mol. The minimum absolute atomic E-state index is 0.185. The SMILES string of the molecule is CSc1ccccc1-n1c(-c2ccc(N(C)C)cc2)nc2c(c(N)nn2C)c1=O. The Hall–Kier alpha value is -3.26. The fraction of sp³-hybridized carbons (Fsp3) is 0.190. The van der Waals surface area contributed by atoms with Gasteiger partial charge in [-0.2, -0.15) is 5.10 Å². The molecule has 0 fully saturated rings. The largest absolute Gasteiger partial charge is 0.381 e. The molecule has 0 saturated carbocycles. The molecule has 0 aliphatic carbocycles. The van der Waals surface area contributed by atoms with Gasteiger partial charge >= 0.3 is 0 Å². The lowest BCUT2D eigenvalue weighted by atomic mass is 10.1. The molecule has 7 nitrogen and oxygen atoms in total. The van der Waals surface area contributed by atoms with Crippen LogP contribution in [0.4, 0.5) is 11.5 Å². The van der Waals surface area contributed by atoms with Gasteiger partial charge in [-0.25, -0.2) is 9.67 Å². The summed E-state index contributed by atoms with van der Waals surface area (Å²) in [6, 6.07) is 15.7. The highest BCUT2D eigenvalue weighted by Crippen LogP contribution is 2.29. The first-order valence-electron chi connectivity index (χ1n) is 9.08. The van der Waals surface area contributed by atoms with Gasteiger partial charge < -0.3 is 10.6 Å². The first-order chi connectivity index (χ1) is 13.9. The van der Waals surface area contributed by atoms with E-state index in [1.807, 2.05) is 73.8 Å². The van der Waals surface area contributed by atoms with Crippen molar-refractivity contribution in [1.82, 2.24) is 19.3 Å². The van der Waals surface area contributed by atoms with Crippen LogP contribution in [-0.4, -0.2) is 39.7 Å². The molecule has 2 heterocycles. The summed E-state index contributed by atoms with van der Waals surface area (Å²) in [6.45, 7) is 0. The van der Waals surface area contributed by atoms with E-state index in [0.29, 0.717) is 16.9 Å². The Kier molecular flexibility index (Phi) is 4.79. The summed E-state index contributed by atoms with van der Waals surface area (Å²) in [5, 5.41) is 4.54. The number of rotatable bonds is 4. The summed E-state index contributed by atoms with van der Waals surface area (Å²) in [4.78, 5) is 21.4. The van der Waals surface area contributed by atoms with E-state index in [9.17, 15) is 4.79 Å². The summed E-state index contributed by atoms with van der Waals surface area (Å²) in [5.74, 6) is 0.738. The molecular weight excluding hydrogens is 384 g/mol. The van der Waals surface area contributed by atoms with Crippen LogP contribution in [0.5, 0.6) is 0 Å². The normalized spacial score (nSPS) is 11.2. The highest BCUT2D eigenvalue weighted by molar-refractivity contribution is 7.98. The highest BCUT2D eigenvalue weighted by Gasteiger charge is 2.21. The molecule has 8 heteroatoms. The summed E-state index contributed by atoms with van der Waals surface area (Å²) < 4.78 is 3.19. The maximum atomic E-state index is 13.6. The second-order valence-corrected chi connectivity index (χ2v) is 7.74. The highest BCUT2D eigenvalue weighted by atomic mass is 32.2. The van der Waals surface area contributed by atoms with E-state index in [1.165, 1.54) is 0 Å². The van der Waals surface area contributed by atoms with Gasteiger partial charge in [-0.05, 0) is 42.7 Å². The molecule has 0 bridgehead atoms. The Bertz CT molecular complexity index is 1260. The van der Waals surface area contributed by atoms with Crippen molar-refractivity contribution in [1.29, 1.82) is 0 Å². The number of nitrogens with two attached hydrogens (primary N) is 1. The van der Waals surface area contributed by atoms with Crippen LogP contribution in [0.2, 0.25) is 0 Å². The van der Waals surface area contributed by atoms with Gasteiger partial charge in [-0.3, -0.25) is 9.36 Å². The first kappa shape index (κ1) is 19.1. The third-order valence-corrected chi connectivity index (χ3v) is 5.64. The number of aryl methyl sites for hydroxylation is 1. The number of thioether (sulfide) groups is 1. The topological polar surface area (TPSA) is 82.0 Å². The quantitative estimate of drug-likeness (QED) is 0.524. The minimum Gasteiger partial charge on any atom is -0.381 e. The van der Waals surface area contributed by atoms with Crippen molar-refractivity contribution in [3.63, 3.8) is 0 Å². The lowest BCUT2D eigenvalue weighted by Crippen LogP contribution is -2.23. The van der Waals surface area contributed by atoms with Gasteiger partial charge in [-0.15, -0.1) is 11.8 Å². The molecule has 0 unspecified atom stereocenters. The van der Waals surface area contributed by atoms with Crippen LogP contribution in [0.1, 0.15) is 0 Å². The maximum Gasteiger partial charge on any atom is 0.271 e. The first-order valence-corrected chi connectivity index (χ1v) is 10.3. The Morgan fingerprint density at radius 3 is 2.41 bits per heavy atom. The molecule has 29 heavy (non-hydrogen) atoms. The summed E-state index contributed by atoms with van der Waals surface area (Å²) >= 11 is 1.58. The number of aromatic nitrogens is 4. The molecule has 2 aromatic carbocycles. The van der Waals surface area contributed by atoms with E-state index in [1.54, 1.807) is 28.1 Å². The van der Waals surface area contributed by atoms with E-state index in [2.05, 4.69) is 5.10 Å². The van der Waals surface area contributed by atoms with Gasteiger partial charge in [0.05, 0.1) is 5.69 Å². The summed E-state index contributed by atoms with van der Waals surface area (Å²) in [7, 11) is 5.72. The molecule has 0 atom stereocenters. The van der Waals surface area contributed by atoms with Crippen molar-refractivity contribution in [2.75, 3.05) is 31.0 Å². The lowest BCUT2D eigenvalue weighted by Gasteiger charge is -2.17. The second-order valence-electron chi connectivity index (χ2n) is 6.90. The van der Waals surface area contributed by atoms with Gasteiger partial charge in [0.25, 0.3) is 5.56 Å². The smallest absolute Gasteiger partial charge is 0.271 e. The number of benzene rings is 2. The summed E-state index contributed by atoms with van der Waals surface area (Å²) in [5.41, 5.74) is 8.96. The molecule has 0 aliphatic heterocycles. The van der Waals surface area contributed by atoms with Gasteiger partial charge in [0.15, 0.2) is 11.5 Å². The zero-order chi connectivity index (χ0) is 20.7. The number of fused-ring (bicyclic) bond motifs is 1. The van der Waals surface area contributed by atoms with Crippen molar-refractivity contribution < 1.29 is 0 Å². The number of nitrogen functional groups attached to an aromatic ring is 1. The van der Waals surface area contributed by atoms with Crippen molar-refractivity contribution in [3.05, 3.63) is 58.9 Å². The zero-order valence-electron chi connectivity index (χ0n) is 16.7. The molecule has 0 radical (unpaired) electrons. The van der Waals surface area contributed by atoms with E-state index in [-0.39, 0.29) is 11.4 Å². The molecule has 2 aromatic heterocycles. The van der Waals surface area contributed by atoms with E-state index in [4.69, 9.17) is 10.7 Å². The van der Waals surface area contributed by atoms with Crippen LogP contribution in [0.3, 0.4) is 0 Å². The number of nitrogens with zero attached hydrogens (tertiary/aromatic N) is 5. The molecule has 148 valence electrons. The van der Waals surface area contributed by atoms with Crippen molar-refractivity contribution >= 4 is 34.3 Å². The van der Waals surface area contributed by atoms with Gasteiger partial charge in [-0.1, -0.05) is 12.1 Å². The molecule has 4 aromatic rings. The third-order valence-electron chi connectivity index (χ3n) is 4.85. The standard InChI is InChI=1S/C21H22N6OS/c1-25(2)14-11-9-13(10-12-14)19-23-20-17(18(22)24-26(20)3)21(28)27(19)15-7-5-6-8-16(15)29-4/h5-12H,1-4H3,(H2,22,24). The Morgan fingerprint density at radius 1 is 1.07 bits per heavy atom. The van der Waals surface area contributed by atoms with Crippen LogP contribution < -0.4 is 16.2 Å². The molecule has 2 N–H and O–H groups in total. The van der Waals surface area contributed by atoms with Crippen LogP contribution in [0.25, 0.3) is 28.1 Å². The Morgan fingerprint density at radius 2 is 1.76 bits per heavy atom. The minimum atomic E-state index is -0.228. The average molecular weight is 407 g/mol. The van der Waals surface area contributed by atoms with Gasteiger partial charge in [0.1, 0.15) is 11.2 Å². The molecular formula is C21H22N6OS. The van der Waals surface area contributed by atoms with Crippen LogP contribution >= 0.6 is 11.8 Å². The van der Waals surface area contributed by atoms with Gasteiger partial charge in [0.2, 0.25) is 0 Å². The summed E-state index contributed by atoms with van der Waals surface area (Å²) in [6.07, 6.45) is 1.99. The van der Waals surface area contributed by atoms with E-state index >= 15 is 0 Å². The molecule has 0 amide bonds. The van der Waals surface area contributed by atoms with Crippen LogP contribution in [0, 0.1) is 0 Å². The third kappa shape index (κ3) is 3.15. The second kappa shape index (κ2) is 7.29. The molecule has 0 spiro atoms. The molecule has 4 rings (SSSR count). The number of para-hydroxylation sites is 1. The fourth-order valence-corrected chi connectivity index (χ4v) is 3.95.